The lowest BCUT2D eigenvalue weighted by molar-refractivity contribution is 0.111. The molecule has 1 aromatic rings. The molecule has 0 heterocycles. The summed E-state index contributed by atoms with van der Waals surface area (Å²) in [4.78, 5) is 0. The summed E-state index contributed by atoms with van der Waals surface area (Å²) in [5.74, 6) is 0.235. The van der Waals surface area contributed by atoms with Crippen LogP contribution in [0.15, 0.2) is 18.2 Å². The Bertz CT molecular complexity index is 379. The molecule has 3 nitrogen and oxygen atoms in total. The first-order valence-electron chi connectivity index (χ1n) is 4.74. The molecule has 16 heavy (non-hydrogen) atoms. The molecule has 0 saturated carbocycles. The standard InChI is InChI=1S/C11H11ClFNO2/c12-3-4-15-5-6-16-10-2-1-9(8-14)11(13)7-10/h1-2,7H,3-6H2. The summed E-state index contributed by atoms with van der Waals surface area (Å²) in [6.45, 7) is 1.18. The highest BCUT2D eigenvalue weighted by atomic mass is 35.5. The average Bonchev–Trinajstić information content (AvgIpc) is 2.29. The fraction of sp³-hybridized carbons (Fsp3) is 0.364. The van der Waals surface area contributed by atoms with Gasteiger partial charge in [-0.15, -0.1) is 11.6 Å². The zero-order valence-electron chi connectivity index (χ0n) is 8.58. The molecule has 86 valence electrons. The Morgan fingerprint density at radius 2 is 2.12 bits per heavy atom. The van der Waals surface area contributed by atoms with E-state index < -0.39 is 5.82 Å². The lowest BCUT2D eigenvalue weighted by Crippen LogP contribution is -2.08. The van der Waals surface area contributed by atoms with Gasteiger partial charge in [-0.1, -0.05) is 0 Å². The van der Waals surface area contributed by atoms with Crippen LogP contribution < -0.4 is 4.74 Å². The molecule has 0 fully saturated rings. The van der Waals surface area contributed by atoms with Gasteiger partial charge in [-0.05, 0) is 12.1 Å². The van der Waals surface area contributed by atoms with Crippen LogP contribution in [0.4, 0.5) is 4.39 Å². The third kappa shape index (κ3) is 4.05. The fourth-order valence-electron chi connectivity index (χ4n) is 1.05. The Labute approximate surface area is 98.3 Å². The van der Waals surface area contributed by atoms with Crippen molar-refractivity contribution in [3.63, 3.8) is 0 Å². The molecule has 5 heteroatoms. The van der Waals surface area contributed by atoms with E-state index in [9.17, 15) is 4.39 Å². The van der Waals surface area contributed by atoms with Gasteiger partial charge in [0.15, 0.2) is 0 Å². The summed E-state index contributed by atoms with van der Waals surface area (Å²) in [5, 5.41) is 8.52. The number of ether oxygens (including phenoxy) is 2. The molecule has 0 aromatic heterocycles. The number of hydrogen-bond acceptors (Lipinski definition) is 3. The summed E-state index contributed by atoms with van der Waals surface area (Å²) in [6, 6.07) is 5.84. The summed E-state index contributed by atoms with van der Waals surface area (Å²) >= 11 is 5.41. The summed E-state index contributed by atoms with van der Waals surface area (Å²) in [7, 11) is 0. The monoisotopic (exact) mass is 243 g/mol. The van der Waals surface area contributed by atoms with E-state index in [0.29, 0.717) is 31.5 Å². The van der Waals surface area contributed by atoms with Gasteiger partial charge in [0.25, 0.3) is 0 Å². The largest absolute Gasteiger partial charge is 0.491 e. The topological polar surface area (TPSA) is 42.2 Å². The summed E-state index contributed by atoms with van der Waals surface area (Å²) < 4.78 is 23.4. The van der Waals surface area contributed by atoms with Crippen LogP contribution in [-0.4, -0.2) is 25.7 Å². The minimum atomic E-state index is -0.582. The summed E-state index contributed by atoms with van der Waals surface area (Å²) in [6.07, 6.45) is 0. The van der Waals surface area contributed by atoms with Gasteiger partial charge in [0, 0.05) is 11.9 Å². The number of nitriles is 1. The molecule has 1 rings (SSSR count). The summed E-state index contributed by atoms with van der Waals surface area (Å²) in [5.41, 5.74) is 0.00531. The van der Waals surface area contributed by atoms with Crippen molar-refractivity contribution in [1.82, 2.24) is 0 Å². The minimum absolute atomic E-state index is 0.00531. The van der Waals surface area contributed by atoms with E-state index in [2.05, 4.69) is 0 Å². The van der Waals surface area contributed by atoms with Crippen LogP contribution >= 0.6 is 11.6 Å². The predicted octanol–water partition coefficient (Wildman–Crippen LogP) is 2.33. The van der Waals surface area contributed by atoms with E-state index in [1.807, 2.05) is 0 Å². The Morgan fingerprint density at radius 3 is 2.75 bits per heavy atom. The van der Waals surface area contributed by atoms with Crippen LogP contribution in [0.1, 0.15) is 5.56 Å². The van der Waals surface area contributed by atoms with E-state index in [0.717, 1.165) is 0 Å². The van der Waals surface area contributed by atoms with Gasteiger partial charge < -0.3 is 9.47 Å². The van der Waals surface area contributed by atoms with Crippen LogP contribution in [0.3, 0.4) is 0 Å². The van der Waals surface area contributed by atoms with Gasteiger partial charge in [-0.3, -0.25) is 0 Å². The van der Waals surface area contributed by atoms with Crippen molar-refractivity contribution >= 4 is 11.6 Å². The number of hydrogen-bond donors (Lipinski definition) is 0. The highest BCUT2D eigenvalue weighted by Gasteiger charge is 2.02. The SMILES string of the molecule is N#Cc1ccc(OCCOCCCl)cc1F. The third-order valence-corrected chi connectivity index (χ3v) is 1.93. The van der Waals surface area contributed by atoms with Crippen molar-refractivity contribution in [3.05, 3.63) is 29.6 Å². The van der Waals surface area contributed by atoms with Crippen LogP contribution in [0.2, 0.25) is 0 Å². The van der Waals surface area contributed by atoms with Gasteiger partial charge >= 0.3 is 0 Å². The van der Waals surface area contributed by atoms with Crippen molar-refractivity contribution in [2.45, 2.75) is 0 Å². The second-order valence-corrected chi connectivity index (χ2v) is 3.28. The third-order valence-electron chi connectivity index (χ3n) is 1.78. The molecular formula is C11H11ClFNO2. The van der Waals surface area contributed by atoms with Gasteiger partial charge in [-0.25, -0.2) is 4.39 Å². The quantitative estimate of drug-likeness (QED) is 0.569. The molecule has 0 aliphatic rings. The van der Waals surface area contributed by atoms with Gasteiger partial charge in [0.05, 0.1) is 18.8 Å². The Balaban J connectivity index is 2.38. The lowest BCUT2D eigenvalue weighted by atomic mass is 10.2. The maximum absolute atomic E-state index is 13.1. The molecule has 0 radical (unpaired) electrons. The zero-order chi connectivity index (χ0) is 11.8. The maximum atomic E-state index is 13.1. The second-order valence-electron chi connectivity index (χ2n) is 2.90. The van der Waals surface area contributed by atoms with E-state index in [-0.39, 0.29) is 5.56 Å². The Hall–Kier alpha value is -1.31. The smallest absolute Gasteiger partial charge is 0.144 e. The van der Waals surface area contributed by atoms with E-state index >= 15 is 0 Å². The van der Waals surface area contributed by atoms with Crippen LogP contribution in [0.5, 0.6) is 5.75 Å². The molecule has 0 aliphatic carbocycles. The van der Waals surface area contributed by atoms with Crippen molar-refractivity contribution < 1.29 is 13.9 Å². The molecule has 0 atom stereocenters. The van der Waals surface area contributed by atoms with Crippen LogP contribution in [-0.2, 0) is 4.74 Å². The van der Waals surface area contributed by atoms with E-state index in [4.69, 9.17) is 26.3 Å². The van der Waals surface area contributed by atoms with E-state index in [1.54, 1.807) is 12.1 Å². The Kier molecular flexibility index (Phi) is 5.62. The van der Waals surface area contributed by atoms with Crippen LogP contribution in [0.25, 0.3) is 0 Å². The van der Waals surface area contributed by atoms with Gasteiger partial charge in [-0.2, -0.15) is 5.26 Å². The predicted molar refractivity (Wildman–Crippen MR) is 58.1 cm³/mol. The first-order valence-corrected chi connectivity index (χ1v) is 5.27. The van der Waals surface area contributed by atoms with Gasteiger partial charge in [0.1, 0.15) is 24.2 Å². The molecule has 0 N–H and O–H groups in total. The molecular weight excluding hydrogens is 233 g/mol. The number of halogens is 2. The maximum Gasteiger partial charge on any atom is 0.144 e. The highest BCUT2D eigenvalue weighted by Crippen LogP contribution is 2.15. The van der Waals surface area contributed by atoms with Crippen LogP contribution in [0, 0.1) is 17.1 Å². The van der Waals surface area contributed by atoms with E-state index in [1.165, 1.54) is 12.1 Å². The molecule has 0 saturated heterocycles. The molecule has 1 aromatic carbocycles. The number of benzene rings is 1. The van der Waals surface area contributed by atoms with Crippen molar-refractivity contribution in [3.8, 4) is 11.8 Å². The minimum Gasteiger partial charge on any atom is -0.491 e. The molecule has 0 unspecified atom stereocenters. The normalized spacial score (nSPS) is 9.81. The lowest BCUT2D eigenvalue weighted by Gasteiger charge is -2.06. The number of rotatable bonds is 6. The van der Waals surface area contributed by atoms with Crippen molar-refractivity contribution in [1.29, 1.82) is 5.26 Å². The number of nitrogens with zero attached hydrogens (tertiary/aromatic N) is 1. The molecule has 0 bridgehead atoms. The van der Waals surface area contributed by atoms with Crippen molar-refractivity contribution in [2.75, 3.05) is 25.7 Å². The first kappa shape index (κ1) is 12.8. The molecule has 0 aliphatic heterocycles. The molecule has 0 spiro atoms. The first-order chi connectivity index (χ1) is 7.77. The second kappa shape index (κ2) is 7.04. The highest BCUT2D eigenvalue weighted by molar-refractivity contribution is 6.17. The zero-order valence-corrected chi connectivity index (χ0v) is 9.34. The average molecular weight is 244 g/mol. The molecule has 0 amide bonds. The number of alkyl halides is 1. The fourth-order valence-corrected chi connectivity index (χ4v) is 1.16. The van der Waals surface area contributed by atoms with Gasteiger partial charge in [0.2, 0.25) is 0 Å². The van der Waals surface area contributed by atoms with Crippen molar-refractivity contribution in [2.24, 2.45) is 0 Å². The Morgan fingerprint density at radius 1 is 1.31 bits per heavy atom.